The summed E-state index contributed by atoms with van der Waals surface area (Å²) in [4.78, 5) is 8.99. The molecule has 0 aliphatic heterocycles. The van der Waals surface area contributed by atoms with Crippen molar-refractivity contribution in [1.29, 1.82) is 0 Å². The number of nitrogens with zero attached hydrogens (tertiary/aromatic N) is 8. The van der Waals surface area contributed by atoms with Gasteiger partial charge in [-0.1, -0.05) is 0 Å². The molecule has 4 heterocycles. The molecule has 1 atom stereocenters. The summed E-state index contributed by atoms with van der Waals surface area (Å²) in [5.74, 6) is 0.705. The first-order valence-electron chi connectivity index (χ1n) is 6.68. The zero-order chi connectivity index (χ0) is 14.6. The maximum atomic E-state index is 4.64. The molecule has 4 rings (SSSR count). The Labute approximate surface area is 120 Å². The summed E-state index contributed by atoms with van der Waals surface area (Å²) in [6.45, 7) is 3.98. The van der Waals surface area contributed by atoms with Crippen molar-refractivity contribution in [3.63, 3.8) is 0 Å². The van der Waals surface area contributed by atoms with Crippen molar-refractivity contribution in [3.8, 4) is 0 Å². The van der Waals surface area contributed by atoms with Crippen LogP contribution in [0.5, 0.6) is 0 Å². The molecule has 0 aromatic carbocycles. The summed E-state index contributed by atoms with van der Waals surface area (Å²) < 4.78 is 5.27. The van der Waals surface area contributed by atoms with E-state index in [2.05, 4.69) is 25.3 Å². The molecule has 0 radical (unpaired) electrons. The lowest BCUT2D eigenvalue weighted by Crippen LogP contribution is -2.09. The summed E-state index contributed by atoms with van der Waals surface area (Å²) in [6, 6.07) is 1.93. The molecule has 21 heavy (non-hydrogen) atoms. The van der Waals surface area contributed by atoms with Crippen LogP contribution >= 0.6 is 0 Å². The Morgan fingerprint density at radius 2 is 2.05 bits per heavy atom. The first-order valence-corrected chi connectivity index (χ1v) is 6.68. The van der Waals surface area contributed by atoms with Gasteiger partial charge >= 0.3 is 0 Å². The number of hydrogen-bond acceptors (Lipinski definition) is 5. The van der Waals surface area contributed by atoms with Crippen LogP contribution in [0.15, 0.2) is 24.8 Å². The molecular weight excluding hydrogens is 268 g/mol. The molecule has 0 unspecified atom stereocenters. The summed E-state index contributed by atoms with van der Waals surface area (Å²) in [6.07, 6.45) is 5.36. The molecule has 0 aliphatic rings. The molecule has 0 saturated carbocycles. The second kappa shape index (κ2) is 4.11. The zero-order valence-corrected chi connectivity index (χ0v) is 12.0. The molecule has 0 N–H and O–H groups in total. The largest absolute Gasteiger partial charge is 0.262 e. The van der Waals surface area contributed by atoms with Crippen LogP contribution in [0.1, 0.15) is 24.5 Å². The van der Waals surface area contributed by atoms with E-state index in [1.807, 2.05) is 37.8 Å². The lowest BCUT2D eigenvalue weighted by molar-refractivity contribution is 0.533. The van der Waals surface area contributed by atoms with Crippen LogP contribution < -0.4 is 0 Å². The number of aromatic nitrogens is 8. The molecule has 0 saturated heterocycles. The van der Waals surface area contributed by atoms with Crippen molar-refractivity contribution in [1.82, 2.24) is 39.1 Å². The van der Waals surface area contributed by atoms with Crippen molar-refractivity contribution >= 4 is 16.7 Å². The van der Waals surface area contributed by atoms with Gasteiger partial charge in [-0.2, -0.15) is 10.2 Å². The minimum absolute atomic E-state index is 0.0367. The average molecular weight is 282 g/mol. The van der Waals surface area contributed by atoms with E-state index >= 15 is 0 Å². The zero-order valence-electron chi connectivity index (χ0n) is 12.0. The van der Waals surface area contributed by atoms with Gasteiger partial charge in [0.15, 0.2) is 17.1 Å². The highest BCUT2D eigenvalue weighted by molar-refractivity contribution is 5.88. The third kappa shape index (κ3) is 1.72. The van der Waals surface area contributed by atoms with Gasteiger partial charge in [0.2, 0.25) is 0 Å². The van der Waals surface area contributed by atoms with E-state index in [0.717, 1.165) is 22.4 Å². The van der Waals surface area contributed by atoms with E-state index in [1.165, 1.54) is 0 Å². The van der Waals surface area contributed by atoms with Crippen molar-refractivity contribution in [2.45, 2.75) is 19.9 Å². The van der Waals surface area contributed by atoms with Crippen LogP contribution in [0.3, 0.4) is 0 Å². The van der Waals surface area contributed by atoms with Crippen LogP contribution in [0.2, 0.25) is 0 Å². The first-order chi connectivity index (χ1) is 10.1. The second-order valence-electron chi connectivity index (χ2n) is 5.10. The van der Waals surface area contributed by atoms with Crippen molar-refractivity contribution in [3.05, 3.63) is 36.3 Å². The Kier molecular flexibility index (Phi) is 2.35. The number of aryl methyl sites for hydroxylation is 2. The summed E-state index contributed by atoms with van der Waals surface area (Å²) in [7, 11) is 1.86. The predicted octanol–water partition coefficient (Wildman–Crippen LogP) is 1.13. The third-order valence-corrected chi connectivity index (χ3v) is 3.60. The van der Waals surface area contributed by atoms with Crippen LogP contribution in [-0.4, -0.2) is 39.1 Å². The fourth-order valence-electron chi connectivity index (χ4n) is 2.40. The maximum Gasteiger partial charge on any atom is 0.176 e. The van der Waals surface area contributed by atoms with E-state index < -0.39 is 0 Å². The minimum Gasteiger partial charge on any atom is -0.262 e. The van der Waals surface area contributed by atoms with Crippen molar-refractivity contribution in [2.24, 2.45) is 7.05 Å². The molecule has 0 bridgehead atoms. The molecule has 8 heteroatoms. The lowest BCUT2D eigenvalue weighted by Gasteiger charge is -2.06. The Morgan fingerprint density at radius 1 is 1.19 bits per heavy atom. The highest BCUT2D eigenvalue weighted by atomic mass is 15.4. The number of rotatable bonds is 2. The fourth-order valence-corrected chi connectivity index (χ4v) is 2.40. The van der Waals surface area contributed by atoms with Crippen LogP contribution in [0, 0.1) is 6.92 Å². The topological polar surface area (TPSA) is 78.7 Å². The SMILES string of the molecule is Cc1ccn([C@@H](C)c2nc3c4cnn(C)c4ncn3n2)n1. The van der Waals surface area contributed by atoms with Gasteiger partial charge in [0.25, 0.3) is 0 Å². The molecule has 106 valence electrons. The van der Waals surface area contributed by atoms with Gasteiger partial charge in [0, 0.05) is 13.2 Å². The smallest absolute Gasteiger partial charge is 0.176 e. The van der Waals surface area contributed by atoms with E-state index in [0.29, 0.717) is 5.82 Å². The molecule has 8 nitrogen and oxygen atoms in total. The third-order valence-electron chi connectivity index (χ3n) is 3.60. The Bertz CT molecular complexity index is 944. The van der Waals surface area contributed by atoms with Crippen LogP contribution in [-0.2, 0) is 7.05 Å². The molecule has 4 aromatic rings. The molecular formula is C13H14N8. The predicted molar refractivity (Wildman–Crippen MR) is 75.8 cm³/mol. The summed E-state index contributed by atoms with van der Waals surface area (Å²) >= 11 is 0. The Morgan fingerprint density at radius 3 is 2.81 bits per heavy atom. The van der Waals surface area contributed by atoms with E-state index in [1.54, 1.807) is 21.7 Å². The number of hydrogen-bond donors (Lipinski definition) is 0. The average Bonchev–Trinajstić information content (AvgIpc) is 3.16. The van der Waals surface area contributed by atoms with Crippen molar-refractivity contribution < 1.29 is 0 Å². The molecule has 0 amide bonds. The maximum absolute atomic E-state index is 4.64. The Balaban J connectivity index is 1.88. The monoisotopic (exact) mass is 282 g/mol. The van der Waals surface area contributed by atoms with Gasteiger partial charge < -0.3 is 0 Å². The second-order valence-corrected chi connectivity index (χ2v) is 5.10. The quantitative estimate of drug-likeness (QED) is 0.550. The van der Waals surface area contributed by atoms with Gasteiger partial charge in [0.05, 0.1) is 17.3 Å². The van der Waals surface area contributed by atoms with Crippen LogP contribution in [0.25, 0.3) is 16.7 Å². The normalized spacial score (nSPS) is 13.3. The van der Waals surface area contributed by atoms with Crippen LogP contribution in [0.4, 0.5) is 0 Å². The molecule has 4 aromatic heterocycles. The fraction of sp³-hybridized carbons (Fsp3) is 0.308. The summed E-state index contributed by atoms with van der Waals surface area (Å²) in [5, 5.41) is 14.0. The van der Waals surface area contributed by atoms with E-state index in [9.17, 15) is 0 Å². The minimum atomic E-state index is -0.0367. The summed E-state index contributed by atoms with van der Waals surface area (Å²) in [5.41, 5.74) is 2.53. The first kappa shape index (κ1) is 12.0. The van der Waals surface area contributed by atoms with E-state index in [-0.39, 0.29) is 6.04 Å². The van der Waals surface area contributed by atoms with Crippen molar-refractivity contribution in [2.75, 3.05) is 0 Å². The molecule has 0 spiro atoms. The highest BCUT2D eigenvalue weighted by Gasteiger charge is 2.17. The molecule has 0 aliphatic carbocycles. The van der Waals surface area contributed by atoms with Gasteiger partial charge in [-0.3, -0.25) is 9.36 Å². The van der Waals surface area contributed by atoms with Gasteiger partial charge in [0.1, 0.15) is 12.4 Å². The van der Waals surface area contributed by atoms with Gasteiger partial charge in [-0.25, -0.2) is 14.5 Å². The molecule has 0 fully saturated rings. The van der Waals surface area contributed by atoms with E-state index in [4.69, 9.17) is 0 Å². The Hall–Kier alpha value is -2.77. The standard InChI is InChI=1S/C13H14N8/c1-8-4-5-20(17-8)9(2)11-16-13-10-6-15-19(3)12(10)14-7-21(13)18-11/h4-7,9H,1-3H3/t9-/m0/s1. The number of fused-ring (bicyclic) bond motifs is 3. The van der Waals surface area contributed by atoms with Gasteiger partial charge in [-0.15, -0.1) is 5.10 Å². The van der Waals surface area contributed by atoms with Gasteiger partial charge in [-0.05, 0) is 19.9 Å². The lowest BCUT2D eigenvalue weighted by atomic mass is 10.3. The highest BCUT2D eigenvalue weighted by Crippen LogP contribution is 2.19.